The number of rotatable bonds is 5. The fourth-order valence-corrected chi connectivity index (χ4v) is 3.45. The highest BCUT2D eigenvalue weighted by molar-refractivity contribution is 7.89. The van der Waals surface area contributed by atoms with Crippen LogP contribution in [0.5, 0.6) is 0 Å². The van der Waals surface area contributed by atoms with E-state index in [1.165, 1.54) is 24.3 Å². The second kappa shape index (κ2) is 8.12. The lowest BCUT2D eigenvalue weighted by Gasteiger charge is -2.17. The number of hydrogen-bond acceptors (Lipinski definition) is 5. The number of anilines is 1. The lowest BCUT2D eigenvalue weighted by molar-refractivity contribution is -0.119. The van der Waals surface area contributed by atoms with Crippen molar-refractivity contribution in [3.05, 3.63) is 57.6 Å². The van der Waals surface area contributed by atoms with Gasteiger partial charge in [-0.25, -0.2) is 18.4 Å². The molecule has 0 aromatic heterocycles. The summed E-state index contributed by atoms with van der Waals surface area (Å²) in [5, 5.41) is 7.56. The molecule has 0 aliphatic heterocycles. The van der Waals surface area contributed by atoms with Gasteiger partial charge in [0.2, 0.25) is 10.0 Å². The maximum Gasteiger partial charge on any atom is 0.339 e. The van der Waals surface area contributed by atoms with Gasteiger partial charge in [-0.2, -0.15) is 0 Å². The van der Waals surface area contributed by atoms with Crippen LogP contribution in [0.15, 0.2) is 29.2 Å². The number of carbonyl (C=O) groups is 2. The molecule has 150 valence electrons. The normalized spacial score (nSPS) is 11.2. The van der Waals surface area contributed by atoms with E-state index < -0.39 is 28.5 Å². The summed E-state index contributed by atoms with van der Waals surface area (Å²) >= 11 is 0. The van der Waals surface area contributed by atoms with Crippen molar-refractivity contribution in [3.8, 4) is 0 Å². The van der Waals surface area contributed by atoms with Gasteiger partial charge in [0.15, 0.2) is 6.61 Å². The predicted octanol–water partition coefficient (Wildman–Crippen LogP) is 2.67. The summed E-state index contributed by atoms with van der Waals surface area (Å²) in [6.07, 6.45) is 0. The molecule has 0 atom stereocenters. The highest BCUT2D eigenvalue weighted by atomic mass is 32.2. The zero-order chi connectivity index (χ0) is 21.2. The third kappa shape index (κ3) is 4.58. The van der Waals surface area contributed by atoms with E-state index in [1.54, 1.807) is 0 Å². The van der Waals surface area contributed by atoms with Gasteiger partial charge in [0.05, 0.1) is 10.5 Å². The van der Waals surface area contributed by atoms with Crippen LogP contribution in [-0.4, -0.2) is 26.9 Å². The third-order valence-electron chi connectivity index (χ3n) is 5.01. The topological polar surface area (TPSA) is 116 Å². The minimum absolute atomic E-state index is 0.0620. The summed E-state index contributed by atoms with van der Waals surface area (Å²) in [7, 11) is -3.80. The molecule has 0 bridgehead atoms. The zero-order valence-electron chi connectivity index (χ0n) is 16.5. The molecule has 2 aromatic rings. The van der Waals surface area contributed by atoms with E-state index in [0.717, 1.165) is 27.8 Å². The number of nitrogens with one attached hydrogen (secondary N) is 1. The van der Waals surface area contributed by atoms with Gasteiger partial charge in [0, 0.05) is 5.69 Å². The van der Waals surface area contributed by atoms with Crippen molar-refractivity contribution >= 4 is 27.6 Å². The molecule has 28 heavy (non-hydrogen) atoms. The Hall–Kier alpha value is -2.71. The van der Waals surface area contributed by atoms with E-state index in [-0.39, 0.29) is 4.90 Å². The lowest BCUT2D eigenvalue weighted by Crippen LogP contribution is -2.22. The fourth-order valence-electron chi connectivity index (χ4n) is 2.93. The summed E-state index contributed by atoms with van der Waals surface area (Å²) in [6.45, 7) is 9.17. The van der Waals surface area contributed by atoms with Crippen molar-refractivity contribution < 1.29 is 22.7 Å². The Morgan fingerprint density at radius 2 is 1.36 bits per heavy atom. The van der Waals surface area contributed by atoms with Crippen LogP contribution >= 0.6 is 0 Å². The molecule has 0 fully saturated rings. The maximum absolute atomic E-state index is 12.5. The number of sulfonamides is 1. The average molecular weight is 404 g/mol. The van der Waals surface area contributed by atoms with Gasteiger partial charge in [-0.05, 0) is 86.7 Å². The van der Waals surface area contributed by atoms with E-state index in [0.29, 0.717) is 11.3 Å². The van der Waals surface area contributed by atoms with Gasteiger partial charge >= 0.3 is 5.97 Å². The quantitative estimate of drug-likeness (QED) is 0.743. The zero-order valence-corrected chi connectivity index (χ0v) is 17.4. The Morgan fingerprint density at radius 1 is 0.893 bits per heavy atom. The van der Waals surface area contributed by atoms with E-state index >= 15 is 0 Å². The van der Waals surface area contributed by atoms with Crippen LogP contribution in [0.1, 0.15) is 38.2 Å². The number of ether oxygens (including phenoxy) is 1. The van der Waals surface area contributed by atoms with Gasteiger partial charge in [-0.3, -0.25) is 4.79 Å². The molecule has 0 spiro atoms. The van der Waals surface area contributed by atoms with E-state index in [4.69, 9.17) is 9.88 Å². The molecular weight excluding hydrogens is 380 g/mol. The van der Waals surface area contributed by atoms with Crippen molar-refractivity contribution in [2.24, 2.45) is 5.14 Å². The first kappa shape index (κ1) is 21.6. The van der Waals surface area contributed by atoms with Gasteiger partial charge in [0.25, 0.3) is 5.91 Å². The molecule has 0 saturated carbocycles. The van der Waals surface area contributed by atoms with Crippen molar-refractivity contribution in [1.29, 1.82) is 0 Å². The summed E-state index contributed by atoms with van der Waals surface area (Å²) in [5.74, 6) is -1.09. The van der Waals surface area contributed by atoms with Gasteiger partial charge < -0.3 is 10.1 Å². The summed E-state index contributed by atoms with van der Waals surface area (Å²) in [5.41, 5.74) is 5.69. The largest absolute Gasteiger partial charge is 0.452 e. The molecule has 1 amide bonds. The van der Waals surface area contributed by atoms with E-state index in [9.17, 15) is 18.0 Å². The molecule has 2 rings (SSSR count). The SMILES string of the molecule is Cc1c(C)c(C)c(C(=O)OCC(=O)Nc2ccc(S(N)(=O)=O)cc2)c(C)c1C. The Morgan fingerprint density at radius 3 is 1.82 bits per heavy atom. The first-order valence-electron chi connectivity index (χ1n) is 8.60. The number of nitrogens with two attached hydrogens (primary N) is 1. The van der Waals surface area contributed by atoms with Crippen LogP contribution in [0.3, 0.4) is 0 Å². The molecule has 0 saturated heterocycles. The van der Waals surface area contributed by atoms with Gasteiger partial charge in [-0.15, -0.1) is 0 Å². The lowest BCUT2D eigenvalue weighted by atomic mass is 9.90. The first-order valence-corrected chi connectivity index (χ1v) is 10.1. The second-order valence-electron chi connectivity index (χ2n) is 6.69. The van der Waals surface area contributed by atoms with Crippen LogP contribution in [-0.2, 0) is 19.6 Å². The van der Waals surface area contributed by atoms with Gasteiger partial charge in [0.1, 0.15) is 0 Å². The summed E-state index contributed by atoms with van der Waals surface area (Å²) in [6, 6.07) is 5.37. The monoisotopic (exact) mass is 404 g/mol. The molecule has 0 aliphatic carbocycles. The Labute approximate surface area is 164 Å². The number of benzene rings is 2. The molecule has 0 unspecified atom stereocenters. The summed E-state index contributed by atoms with van der Waals surface area (Å²) < 4.78 is 27.7. The highest BCUT2D eigenvalue weighted by Gasteiger charge is 2.20. The number of hydrogen-bond donors (Lipinski definition) is 2. The highest BCUT2D eigenvalue weighted by Crippen LogP contribution is 2.26. The number of primary sulfonamides is 1. The minimum atomic E-state index is -3.80. The average Bonchev–Trinajstić information content (AvgIpc) is 2.63. The second-order valence-corrected chi connectivity index (χ2v) is 8.26. The smallest absolute Gasteiger partial charge is 0.339 e. The van der Waals surface area contributed by atoms with E-state index in [1.807, 2.05) is 34.6 Å². The molecule has 0 aliphatic rings. The molecule has 3 N–H and O–H groups in total. The van der Waals surface area contributed by atoms with Gasteiger partial charge in [-0.1, -0.05) is 0 Å². The Balaban J connectivity index is 2.07. The molecule has 7 nitrogen and oxygen atoms in total. The Kier molecular flexibility index (Phi) is 6.26. The predicted molar refractivity (Wildman–Crippen MR) is 107 cm³/mol. The number of esters is 1. The van der Waals surface area contributed by atoms with E-state index in [2.05, 4.69) is 5.32 Å². The van der Waals surface area contributed by atoms with Crippen LogP contribution < -0.4 is 10.5 Å². The van der Waals surface area contributed by atoms with Crippen LogP contribution in [0, 0.1) is 34.6 Å². The minimum Gasteiger partial charge on any atom is -0.452 e. The van der Waals surface area contributed by atoms with Crippen LogP contribution in [0.2, 0.25) is 0 Å². The third-order valence-corrected chi connectivity index (χ3v) is 5.93. The molecule has 0 heterocycles. The summed E-state index contributed by atoms with van der Waals surface area (Å²) in [4.78, 5) is 24.5. The molecule has 8 heteroatoms. The van der Waals surface area contributed by atoms with Crippen molar-refractivity contribution in [3.63, 3.8) is 0 Å². The van der Waals surface area contributed by atoms with Crippen molar-refractivity contribution in [1.82, 2.24) is 0 Å². The van der Waals surface area contributed by atoms with Crippen molar-refractivity contribution in [2.75, 3.05) is 11.9 Å². The fraction of sp³-hybridized carbons (Fsp3) is 0.300. The molecular formula is C20H24N2O5S. The van der Waals surface area contributed by atoms with Crippen LogP contribution in [0.25, 0.3) is 0 Å². The molecule has 2 aromatic carbocycles. The number of carbonyl (C=O) groups excluding carboxylic acids is 2. The number of amides is 1. The first-order chi connectivity index (χ1) is 12.9. The van der Waals surface area contributed by atoms with Crippen molar-refractivity contribution in [2.45, 2.75) is 39.5 Å². The van der Waals surface area contributed by atoms with Crippen LogP contribution in [0.4, 0.5) is 5.69 Å². The molecule has 0 radical (unpaired) electrons. The Bertz CT molecular complexity index is 1010. The standard InChI is InChI=1S/C20H24N2O5S/c1-11-12(2)14(4)19(15(5)13(11)3)20(24)27-10-18(23)22-16-6-8-17(9-7-16)28(21,25)26/h6-9H,10H2,1-5H3,(H,22,23)(H2,21,25,26). The maximum atomic E-state index is 12.5.